The molecule has 10 nitrogen and oxygen atoms in total. The van der Waals surface area contributed by atoms with E-state index in [-0.39, 0.29) is 48.9 Å². The van der Waals surface area contributed by atoms with Crippen molar-refractivity contribution in [2.45, 2.75) is 44.2 Å². The van der Waals surface area contributed by atoms with E-state index in [4.69, 9.17) is 5.73 Å². The summed E-state index contributed by atoms with van der Waals surface area (Å²) in [5.41, 5.74) is 5.20. The molecule has 0 aromatic heterocycles. The normalized spacial score (nSPS) is 17.9. The van der Waals surface area contributed by atoms with Crippen LogP contribution in [0.2, 0.25) is 0 Å². The predicted molar refractivity (Wildman–Crippen MR) is 136 cm³/mol. The molecule has 0 bridgehead atoms. The lowest BCUT2D eigenvalue weighted by atomic mass is 9.71. The molecule has 3 atom stereocenters. The summed E-state index contributed by atoms with van der Waals surface area (Å²) in [6.45, 7) is 3.46. The second-order valence-corrected chi connectivity index (χ2v) is 9.93. The van der Waals surface area contributed by atoms with Gasteiger partial charge in [0.2, 0.25) is 5.91 Å². The minimum atomic E-state index is -2.27. The highest BCUT2D eigenvalue weighted by Crippen LogP contribution is 2.43. The molecule has 1 aliphatic rings. The molecule has 6 N–H and O–H groups in total. The van der Waals surface area contributed by atoms with Crippen LogP contribution >= 0.6 is 0 Å². The lowest BCUT2D eigenvalue weighted by molar-refractivity contribution is -0.153. The van der Waals surface area contributed by atoms with Crippen LogP contribution < -0.4 is 10.6 Å². The molecule has 2 rings (SSSR count). The van der Waals surface area contributed by atoms with Crippen LogP contribution in [0.4, 0.5) is 5.69 Å². The summed E-state index contributed by atoms with van der Waals surface area (Å²) < 4.78 is 0. The summed E-state index contributed by atoms with van der Waals surface area (Å²) in [5, 5.41) is 41.5. The van der Waals surface area contributed by atoms with Crippen LogP contribution in [0.25, 0.3) is 0 Å². The average Bonchev–Trinajstić information content (AvgIpc) is 2.79. The predicted octanol–water partition coefficient (Wildman–Crippen LogP) is 0.378. The van der Waals surface area contributed by atoms with Gasteiger partial charge in [0, 0.05) is 51.5 Å². The molecule has 1 aromatic carbocycles. The Labute approximate surface area is 212 Å². The van der Waals surface area contributed by atoms with Crippen molar-refractivity contribution in [3.05, 3.63) is 35.4 Å². The molecule has 0 saturated carbocycles. The molecule has 1 aliphatic carbocycles. The van der Waals surface area contributed by atoms with Gasteiger partial charge in [0.15, 0.2) is 11.6 Å². The van der Waals surface area contributed by atoms with Crippen molar-refractivity contribution in [2.24, 2.45) is 17.6 Å². The Morgan fingerprint density at radius 3 is 2.47 bits per heavy atom. The van der Waals surface area contributed by atoms with E-state index in [0.717, 1.165) is 5.69 Å². The number of nitrogens with zero attached hydrogens (tertiary/aromatic N) is 2. The minimum Gasteiger partial charge on any atom is -0.507 e. The number of anilines is 1. The van der Waals surface area contributed by atoms with E-state index in [9.17, 15) is 34.8 Å². The Balaban J connectivity index is 2.44. The fourth-order valence-corrected chi connectivity index (χ4v) is 5.11. The standard InChI is InChI=1S/C26H39N3O7/c1-5-7-29(4)14-17-12-20(28(2)3)19-10-16(11-21(32)24(19)25(17)35)9-18(6-8-30)26(36,15-31)22(33)13-23(27)34/h5,12,16,18,30-31,35-36H,1,6-11,13-15H2,2-4H3,(H2,27,34)/t16?,18?,26-/m1/s1. The van der Waals surface area contributed by atoms with Crippen LogP contribution in [0, 0.1) is 11.8 Å². The summed E-state index contributed by atoms with van der Waals surface area (Å²) in [6, 6.07) is 1.86. The molecular weight excluding hydrogens is 466 g/mol. The Morgan fingerprint density at radius 1 is 1.28 bits per heavy atom. The SMILES string of the molecule is C=CCN(C)Cc1cc(N(C)C)c2c(c1O)C(=O)CC(CC(CCO)[C@](O)(CO)C(=O)CC(N)=O)C2. The summed E-state index contributed by atoms with van der Waals surface area (Å²) in [7, 11) is 5.58. The molecule has 0 saturated heterocycles. The largest absolute Gasteiger partial charge is 0.507 e. The lowest BCUT2D eigenvalue weighted by Gasteiger charge is -2.37. The fourth-order valence-electron chi connectivity index (χ4n) is 5.11. The number of hydrogen-bond acceptors (Lipinski definition) is 9. The molecule has 0 heterocycles. The topological polar surface area (TPSA) is 165 Å². The van der Waals surface area contributed by atoms with Crippen LogP contribution in [0.5, 0.6) is 5.75 Å². The van der Waals surface area contributed by atoms with E-state index in [2.05, 4.69) is 6.58 Å². The number of ketones is 2. The Hall–Kier alpha value is -2.79. The van der Waals surface area contributed by atoms with E-state index in [1.165, 1.54) is 0 Å². The zero-order valence-corrected chi connectivity index (χ0v) is 21.4. The van der Waals surface area contributed by atoms with Gasteiger partial charge < -0.3 is 31.1 Å². The van der Waals surface area contributed by atoms with Gasteiger partial charge in [-0.3, -0.25) is 19.3 Å². The number of benzene rings is 1. The van der Waals surface area contributed by atoms with Gasteiger partial charge in [-0.1, -0.05) is 6.08 Å². The van der Waals surface area contributed by atoms with Crippen molar-refractivity contribution < 1.29 is 34.8 Å². The average molecular weight is 506 g/mol. The quantitative estimate of drug-likeness (QED) is 0.177. The van der Waals surface area contributed by atoms with Crippen molar-refractivity contribution in [1.82, 2.24) is 4.90 Å². The smallest absolute Gasteiger partial charge is 0.224 e. The molecule has 0 fully saturated rings. The first-order valence-corrected chi connectivity index (χ1v) is 12.0. The van der Waals surface area contributed by atoms with Crippen LogP contribution in [0.1, 0.15) is 47.2 Å². The van der Waals surface area contributed by atoms with Crippen molar-refractivity contribution in [2.75, 3.05) is 45.8 Å². The highest BCUT2D eigenvalue weighted by Gasteiger charge is 2.45. The van der Waals surface area contributed by atoms with Gasteiger partial charge in [0.25, 0.3) is 0 Å². The van der Waals surface area contributed by atoms with Gasteiger partial charge in [-0.05, 0) is 49.8 Å². The number of primary amides is 1. The molecule has 1 aromatic rings. The van der Waals surface area contributed by atoms with E-state index >= 15 is 0 Å². The van der Waals surface area contributed by atoms with Crippen molar-refractivity contribution in [1.29, 1.82) is 0 Å². The second-order valence-electron chi connectivity index (χ2n) is 9.93. The number of amides is 1. The van der Waals surface area contributed by atoms with Crippen molar-refractivity contribution >= 4 is 23.2 Å². The number of hydrogen-bond donors (Lipinski definition) is 5. The third kappa shape index (κ3) is 6.50. The maximum atomic E-state index is 13.3. The number of phenols is 1. The van der Waals surface area contributed by atoms with Gasteiger partial charge in [-0.2, -0.15) is 0 Å². The molecule has 2 unspecified atom stereocenters. The maximum absolute atomic E-state index is 13.3. The van der Waals surface area contributed by atoms with Crippen molar-refractivity contribution in [3.8, 4) is 5.75 Å². The Bertz CT molecular complexity index is 994. The zero-order chi connectivity index (χ0) is 27.2. The number of aromatic hydroxyl groups is 1. The van der Waals surface area contributed by atoms with E-state index in [0.29, 0.717) is 30.6 Å². The molecule has 0 spiro atoms. The summed E-state index contributed by atoms with van der Waals surface area (Å²) in [4.78, 5) is 41.0. The fraction of sp³-hybridized carbons (Fsp3) is 0.577. The first-order valence-electron chi connectivity index (χ1n) is 12.0. The molecule has 36 heavy (non-hydrogen) atoms. The van der Waals surface area contributed by atoms with E-state index in [1.54, 1.807) is 6.08 Å². The number of aliphatic hydroxyl groups excluding tert-OH is 2. The second kappa shape index (κ2) is 12.4. The number of rotatable bonds is 14. The minimum absolute atomic E-state index is 0.0144. The van der Waals surface area contributed by atoms with Crippen LogP contribution in [-0.4, -0.2) is 89.3 Å². The molecule has 10 heteroatoms. The van der Waals surface area contributed by atoms with Crippen LogP contribution in [-0.2, 0) is 22.6 Å². The zero-order valence-electron chi connectivity index (χ0n) is 21.4. The molecule has 0 radical (unpaired) electrons. The van der Waals surface area contributed by atoms with Gasteiger partial charge in [0.05, 0.1) is 18.6 Å². The number of phenolic OH excluding ortho intramolecular Hbond substituents is 1. The number of Topliss-reactive ketones (excluding diaryl/α,β-unsaturated/α-hetero) is 2. The Kier molecular flexibility index (Phi) is 10.2. The van der Waals surface area contributed by atoms with Gasteiger partial charge in [-0.25, -0.2) is 0 Å². The highest BCUT2D eigenvalue weighted by molar-refractivity contribution is 6.03. The van der Waals surface area contributed by atoms with Crippen molar-refractivity contribution in [3.63, 3.8) is 0 Å². The van der Waals surface area contributed by atoms with Crippen LogP contribution in [0.15, 0.2) is 18.7 Å². The van der Waals surface area contributed by atoms with Gasteiger partial charge in [0.1, 0.15) is 11.4 Å². The molecule has 0 aliphatic heterocycles. The Morgan fingerprint density at radius 2 is 1.94 bits per heavy atom. The number of carbonyl (C=O) groups is 3. The molecule has 1 amide bonds. The third-order valence-electron chi connectivity index (χ3n) is 6.90. The molecular formula is C26H39N3O7. The summed E-state index contributed by atoms with van der Waals surface area (Å²) >= 11 is 0. The van der Waals surface area contributed by atoms with Gasteiger partial charge >= 0.3 is 0 Å². The summed E-state index contributed by atoms with van der Waals surface area (Å²) in [6.07, 6.45) is 1.59. The molecule has 200 valence electrons. The van der Waals surface area contributed by atoms with Gasteiger partial charge in [-0.15, -0.1) is 6.58 Å². The van der Waals surface area contributed by atoms with E-state index < -0.39 is 36.2 Å². The first-order chi connectivity index (χ1) is 16.9. The number of fused-ring (bicyclic) bond motifs is 1. The number of likely N-dealkylation sites (N-methyl/N-ethyl adjacent to an activating group) is 1. The summed E-state index contributed by atoms with van der Waals surface area (Å²) in [5.74, 6) is -3.38. The number of nitrogens with two attached hydrogens (primary N) is 1. The number of aliphatic hydroxyl groups is 3. The van der Waals surface area contributed by atoms with E-state index in [1.807, 2.05) is 37.0 Å². The monoisotopic (exact) mass is 505 g/mol. The van der Waals surface area contributed by atoms with Crippen LogP contribution in [0.3, 0.4) is 0 Å². The first kappa shape index (κ1) is 29.4. The third-order valence-corrected chi connectivity index (χ3v) is 6.90. The maximum Gasteiger partial charge on any atom is 0.224 e. The number of carbonyl (C=O) groups excluding carboxylic acids is 3. The lowest BCUT2D eigenvalue weighted by Crippen LogP contribution is -2.51. The highest BCUT2D eigenvalue weighted by atomic mass is 16.3.